The summed E-state index contributed by atoms with van der Waals surface area (Å²) in [6.07, 6.45) is 1.25. The number of hydrogen-bond acceptors (Lipinski definition) is 6. The molecule has 1 fully saturated rings. The molecule has 20 heavy (non-hydrogen) atoms. The normalized spacial score (nSPS) is 19.9. The molecule has 0 radical (unpaired) electrons. The standard InChI is InChI=1S/C11H18N6O3/c1-8-14-7-10(17(19)20)16(8)5-4-15-3-2-13-6-9(15)11(12)18/h7,9,13H,2-6H2,1H3,(H2,12,18). The van der Waals surface area contributed by atoms with E-state index in [9.17, 15) is 14.9 Å². The Morgan fingerprint density at radius 3 is 3.05 bits per heavy atom. The highest BCUT2D eigenvalue weighted by atomic mass is 16.6. The number of nitrogens with zero attached hydrogens (tertiary/aromatic N) is 4. The van der Waals surface area contributed by atoms with E-state index >= 15 is 0 Å². The first-order valence-corrected chi connectivity index (χ1v) is 6.41. The number of piperazine rings is 1. The number of primary amides is 1. The molecule has 1 aliphatic heterocycles. The van der Waals surface area contributed by atoms with Gasteiger partial charge in [-0.15, -0.1) is 0 Å². The largest absolute Gasteiger partial charge is 0.368 e. The Balaban J connectivity index is 2.06. The van der Waals surface area contributed by atoms with E-state index in [1.54, 1.807) is 11.5 Å². The zero-order chi connectivity index (χ0) is 14.7. The summed E-state index contributed by atoms with van der Waals surface area (Å²) in [5.74, 6) is 0.171. The number of aromatic nitrogens is 2. The van der Waals surface area contributed by atoms with Crippen molar-refractivity contribution in [1.29, 1.82) is 0 Å². The topological polar surface area (TPSA) is 119 Å². The molecule has 9 nitrogen and oxygen atoms in total. The minimum Gasteiger partial charge on any atom is -0.368 e. The number of aryl methyl sites for hydroxylation is 1. The maximum absolute atomic E-state index is 11.4. The van der Waals surface area contributed by atoms with E-state index in [1.165, 1.54) is 6.20 Å². The van der Waals surface area contributed by atoms with Crippen molar-refractivity contribution in [2.75, 3.05) is 26.2 Å². The van der Waals surface area contributed by atoms with Crippen LogP contribution in [0.4, 0.5) is 5.82 Å². The van der Waals surface area contributed by atoms with Crippen molar-refractivity contribution in [2.45, 2.75) is 19.5 Å². The van der Waals surface area contributed by atoms with Gasteiger partial charge < -0.3 is 21.2 Å². The molecule has 110 valence electrons. The van der Waals surface area contributed by atoms with Gasteiger partial charge in [0.15, 0.2) is 5.82 Å². The van der Waals surface area contributed by atoms with Gasteiger partial charge in [0.1, 0.15) is 18.8 Å². The van der Waals surface area contributed by atoms with Crippen molar-refractivity contribution in [2.24, 2.45) is 5.73 Å². The zero-order valence-corrected chi connectivity index (χ0v) is 11.3. The van der Waals surface area contributed by atoms with Crippen molar-refractivity contribution in [3.8, 4) is 0 Å². The molecule has 0 aliphatic carbocycles. The molecule has 0 spiro atoms. The van der Waals surface area contributed by atoms with E-state index in [2.05, 4.69) is 10.3 Å². The van der Waals surface area contributed by atoms with Crippen LogP contribution in [-0.4, -0.2) is 57.5 Å². The smallest absolute Gasteiger partial charge is 0.342 e. The summed E-state index contributed by atoms with van der Waals surface area (Å²) in [4.78, 5) is 27.7. The number of hydrogen-bond donors (Lipinski definition) is 2. The van der Waals surface area contributed by atoms with Gasteiger partial charge in [0.25, 0.3) is 0 Å². The number of nitrogens with one attached hydrogen (secondary N) is 1. The van der Waals surface area contributed by atoms with E-state index < -0.39 is 4.92 Å². The molecule has 1 unspecified atom stereocenters. The summed E-state index contributed by atoms with van der Waals surface area (Å²) in [5.41, 5.74) is 5.37. The Morgan fingerprint density at radius 1 is 1.65 bits per heavy atom. The first-order chi connectivity index (χ1) is 9.50. The highest BCUT2D eigenvalue weighted by Crippen LogP contribution is 2.14. The van der Waals surface area contributed by atoms with Crippen molar-refractivity contribution >= 4 is 11.7 Å². The molecule has 2 heterocycles. The van der Waals surface area contributed by atoms with Crippen LogP contribution in [0.2, 0.25) is 0 Å². The SMILES string of the molecule is Cc1ncc([N+](=O)[O-])n1CCN1CCNCC1C(N)=O. The van der Waals surface area contributed by atoms with Gasteiger partial charge in [-0.2, -0.15) is 0 Å². The van der Waals surface area contributed by atoms with Crippen LogP contribution in [0.3, 0.4) is 0 Å². The van der Waals surface area contributed by atoms with E-state index in [-0.39, 0.29) is 17.8 Å². The average Bonchev–Trinajstić information content (AvgIpc) is 2.78. The van der Waals surface area contributed by atoms with E-state index in [0.29, 0.717) is 32.0 Å². The van der Waals surface area contributed by atoms with Crippen LogP contribution in [0.1, 0.15) is 5.82 Å². The fourth-order valence-electron chi connectivity index (χ4n) is 2.40. The fourth-order valence-corrected chi connectivity index (χ4v) is 2.40. The summed E-state index contributed by atoms with van der Waals surface area (Å²) < 4.78 is 1.54. The molecule has 0 saturated carbocycles. The number of carbonyl (C=O) groups excluding carboxylic acids is 1. The molecule has 0 aromatic carbocycles. The molecule has 1 amide bonds. The van der Waals surface area contributed by atoms with Crippen LogP contribution in [0.25, 0.3) is 0 Å². The summed E-state index contributed by atoms with van der Waals surface area (Å²) in [6.45, 7) is 4.62. The monoisotopic (exact) mass is 282 g/mol. The molecule has 3 N–H and O–H groups in total. The third-order valence-electron chi connectivity index (χ3n) is 3.51. The lowest BCUT2D eigenvalue weighted by Gasteiger charge is -2.33. The Bertz CT molecular complexity index is 514. The highest BCUT2D eigenvalue weighted by molar-refractivity contribution is 5.80. The maximum atomic E-state index is 11.4. The first kappa shape index (κ1) is 14.4. The van der Waals surface area contributed by atoms with Crippen LogP contribution in [0.5, 0.6) is 0 Å². The second-order valence-electron chi connectivity index (χ2n) is 4.73. The average molecular weight is 282 g/mol. The number of nitrogens with two attached hydrogens (primary N) is 1. The Kier molecular flexibility index (Phi) is 4.30. The van der Waals surface area contributed by atoms with Gasteiger partial charge in [0.05, 0.1) is 0 Å². The second kappa shape index (κ2) is 5.97. The number of nitro groups is 1. The van der Waals surface area contributed by atoms with Gasteiger partial charge in [-0.25, -0.2) is 9.55 Å². The lowest BCUT2D eigenvalue weighted by molar-refractivity contribution is -0.392. The molecular formula is C11H18N6O3. The van der Waals surface area contributed by atoms with E-state index in [0.717, 1.165) is 6.54 Å². The molecular weight excluding hydrogens is 264 g/mol. The third-order valence-corrected chi connectivity index (χ3v) is 3.51. The second-order valence-corrected chi connectivity index (χ2v) is 4.73. The highest BCUT2D eigenvalue weighted by Gasteiger charge is 2.27. The summed E-state index contributed by atoms with van der Waals surface area (Å²) in [5, 5.41) is 14.0. The molecule has 1 aliphatic rings. The molecule has 1 saturated heterocycles. The number of rotatable bonds is 5. The number of amides is 1. The van der Waals surface area contributed by atoms with Crippen molar-refractivity contribution in [3.63, 3.8) is 0 Å². The van der Waals surface area contributed by atoms with Crippen LogP contribution < -0.4 is 11.1 Å². The Morgan fingerprint density at radius 2 is 2.40 bits per heavy atom. The molecule has 0 bridgehead atoms. The Labute approximate surface area is 115 Å². The number of carbonyl (C=O) groups is 1. The van der Waals surface area contributed by atoms with Crippen LogP contribution in [-0.2, 0) is 11.3 Å². The summed E-state index contributed by atoms with van der Waals surface area (Å²) in [7, 11) is 0. The maximum Gasteiger partial charge on any atom is 0.342 e. The lowest BCUT2D eigenvalue weighted by Crippen LogP contribution is -2.57. The molecule has 1 atom stereocenters. The van der Waals surface area contributed by atoms with E-state index in [1.807, 2.05) is 4.90 Å². The molecule has 2 rings (SSSR count). The van der Waals surface area contributed by atoms with Gasteiger partial charge in [0.2, 0.25) is 5.91 Å². The van der Waals surface area contributed by atoms with Gasteiger partial charge in [-0.3, -0.25) is 9.69 Å². The van der Waals surface area contributed by atoms with Crippen molar-refractivity contribution < 1.29 is 9.72 Å². The quantitative estimate of drug-likeness (QED) is 0.520. The van der Waals surface area contributed by atoms with Crippen LogP contribution in [0, 0.1) is 17.0 Å². The van der Waals surface area contributed by atoms with Crippen molar-refractivity contribution in [1.82, 2.24) is 19.8 Å². The predicted molar refractivity (Wildman–Crippen MR) is 71.0 cm³/mol. The lowest BCUT2D eigenvalue weighted by atomic mass is 10.2. The minimum absolute atomic E-state index is 0.0340. The first-order valence-electron chi connectivity index (χ1n) is 6.41. The predicted octanol–water partition coefficient (Wildman–Crippen LogP) is -1.14. The fraction of sp³-hybridized carbons (Fsp3) is 0.636. The van der Waals surface area contributed by atoms with Crippen LogP contribution in [0.15, 0.2) is 6.20 Å². The zero-order valence-electron chi connectivity index (χ0n) is 11.3. The number of imidazole rings is 1. The van der Waals surface area contributed by atoms with Crippen LogP contribution >= 0.6 is 0 Å². The summed E-state index contributed by atoms with van der Waals surface area (Å²) >= 11 is 0. The molecule has 1 aromatic rings. The van der Waals surface area contributed by atoms with Crippen molar-refractivity contribution in [3.05, 3.63) is 22.1 Å². The van der Waals surface area contributed by atoms with Gasteiger partial charge >= 0.3 is 5.82 Å². The van der Waals surface area contributed by atoms with Gasteiger partial charge in [-0.1, -0.05) is 0 Å². The summed E-state index contributed by atoms with van der Waals surface area (Å²) in [6, 6.07) is -0.369. The minimum atomic E-state index is -0.455. The third kappa shape index (κ3) is 2.94. The Hall–Kier alpha value is -2.00. The van der Waals surface area contributed by atoms with E-state index in [4.69, 9.17) is 5.73 Å². The molecule has 9 heteroatoms. The van der Waals surface area contributed by atoms with Gasteiger partial charge in [0, 0.05) is 33.1 Å². The molecule has 1 aromatic heterocycles. The van der Waals surface area contributed by atoms with Gasteiger partial charge in [-0.05, 0) is 4.92 Å².